The first-order valence-electron chi connectivity index (χ1n) is 20.0. The van der Waals surface area contributed by atoms with Gasteiger partial charge in [0, 0.05) is 53.7 Å². The molecule has 8 aliphatic rings. The van der Waals surface area contributed by atoms with Crippen LogP contribution in [0.1, 0.15) is 101 Å². The highest BCUT2D eigenvalue weighted by Gasteiger charge is 2.84. The Hall–Kier alpha value is -2.62. The summed E-state index contributed by atoms with van der Waals surface area (Å²) in [4.78, 5) is 26.9. The number of carbonyl (C=O) groups excluding carboxylic acids is 2. The molecule has 7 aliphatic carbocycles. The number of rotatable bonds is 6. The molecule has 0 amide bonds. The summed E-state index contributed by atoms with van der Waals surface area (Å²) in [5.41, 5.74) is -4.99. The van der Waals surface area contributed by atoms with Crippen LogP contribution in [0.5, 0.6) is 0 Å². The molecule has 7 N–H and O–H groups in total. The molecule has 0 aromatic heterocycles. The van der Waals surface area contributed by atoms with Gasteiger partial charge in [0.1, 0.15) is 23.6 Å². The van der Waals surface area contributed by atoms with Crippen molar-refractivity contribution in [1.29, 1.82) is 0 Å². The van der Waals surface area contributed by atoms with E-state index in [9.17, 15) is 40.2 Å². The smallest absolute Gasteiger partial charge is 0.331 e. The quantitative estimate of drug-likeness (QED) is 0.131. The largest absolute Gasteiger partial charge is 0.454 e. The number of ether oxygens (including phenoxy) is 1. The third kappa shape index (κ3) is 4.90. The van der Waals surface area contributed by atoms with Gasteiger partial charge in [-0.15, -0.1) is 0 Å². The fourth-order valence-corrected chi connectivity index (χ4v) is 13.8. The average Bonchev–Trinajstić information content (AvgIpc) is 3.63. The number of likely N-dealkylation sites (N-methyl/N-ethyl adjacent to an activating group) is 1. The van der Waals surface area contributed by atoms with Gasteiger partial charge in [-0.2, -0.15) is 0 Å². The van der Waals surface area contributed by atoms with Crippen LogP contribution in [0.15, 0.2) is 29.8 Å². The average molecular weight is 732 g/mol. The molecule has 10 heteroatoms. The van der Waals surface area contributed by atoms with Crippen LogP contribution < -0.4 is 5.32 Å². The second-order valence-corrected chi connectivity index (χ2v) is 18.3. The molecule has 1 heterocycles. The van der Waals surface area contributed by atoms with Gasteiger partial charge in [-0.3, -0.25) is 0 Å². The zero-order valence-electron chi connectivity index (χ0n) is 31.3. The van der Waals surface area contributed by atoms with Crippen molar-refractivity contribution in [3.63, 3.8) is 0 Å². The van der Waals surface area contributed by atoms with E-state index in [-0.39, 0.29) is 68.4 Å². The van der Waals surface area contributed by atoms with E-state index in [1.807, 2.05) is 39.1 Å². The molecule has 288 valence electrons. The third-order valence-corrected chi connectivity index (χ3v) is 16.0. The molecule has 53 heavy (non-hydrogen) atoms. The van der Waals surface area contributed by atoms with E-state index in [0.717, 1.165) is 28.5 Å². The van der Waals surface area contributed by atoms with Gasteiger partial charge in [0.05, 0.1) is 29.8 Å². The summed E-state index contributed by atoms with van der Waals surface area (Å²) in [6.45, 7) is 3.96. The molecule has 14 atom stereocenters. The SMILES string of the molecule is CNC1Cc2c(cccc2CO)C#CCCC23CCC4C5(C=O)CCC(O)CC5(O)C(CCC(C)C)C(O)C4(O)C2(O)CC2CC1C1OC(=O)C=C1C23. The zero-order chi connectivity index (χ0) is 37.7. The first-order chi connectivity index (χ1) is 25.2. The number of hydrogen-bond donors (Lipinski definition) is 7. The van der Waals surface area contributed by atoms with Gasteiger partial charge < -0.3 is 45.5 Å². The number of hydrogen-bond acceptors (Lipinski definition) is 10. The highest BCUT2D eigenvalue weighted by Crippen LogP contribution is 2.76. The Kier molecular flexibility index (Phi) is 9.13. The van der Waals surface area contributed by atoms with E-state index in [1.165, 1.54) is 0 Å². The van der Waals surface area contributed by atoms with Gasteiger partial charge in [-0.05, 0) is 105 Å². The first-order valence-corrected chi connectivity index (χ1v) is 20.0. The lowest BCUT2D eigenvalue weighted by atomic mass is 9.36. The number of fused-ring (bicyclic) bond motifs is 7. The van der Waals surface area contributed by atoms with E-state index < -0.39 is 63.8 Å². The normalized spacial score (nSPS) is 46.9. The van der Waals surface area contributed by atoms with Crippen molar-refractivity contribution in [2.45, 2.75) is 139 Å². The number of aliphatic hydroxyl groups is 6. The summed E-state index contributed by atoms with van der Waals surface area (Å²) >= 11 is 0. The van der Waals surface area contributed by atoms with Crippen molar-refractivity contribution >= 4 is 12.3 Å². The van der Waals surface area contributed by atoms with Crippen molar-refractivity contribution in [3.05, 3.63) is 46.5 Å². The van der Waals surface area contributed by atoms with Crippen LogP contribution in [0.2, 0.25) is 0 Å². The van der Waals surface area contributed by atoms with Crippen molar-refractivity contribution in [2.24, 2.45) is 46.3 Å². The fourth-order valence-electron chi connectivity index (χ4n) is 13.8. The van der Waals surface area contributed by atoms with Crippen LogP contribution in [0.4, 0.5) is 0 Å². The minimum atomic E-state index is -2.18. The number of aldehydes is 1. The highest BCUT2D eigenvalue weighted by molar-refractivity contribution is 5.86. The first kappa shape index (κ1) is 37.3. The van der Waals surface area contributed by atoms with Crippen molar-refractivity contribution in [1.82, 2.24) is 5.32 Å². The number of carbonyl (C=O) groups is 2. The van der Waals surface area contributed by atoms with Gasteiger partial charge in [-0.25, -0.2) is 4.79 Å². The zero-order valence-corrected chi connectivity index (χ0v) is 31.3. The highest BCUT2D eigenvalue weighted by atomic mass is 16.5. The molecule has 10 nitrogen and oxygen atoms in total. The van der Waals surface area contributed by atoms with Gasteiger partial charge >= 0.3 is 5.97 Å². The molecule has 1 aliphatic heterocycles. The molecular formula is C43H57NO9. The van der Waals surface area contributed by atoms with Crippen LogP contribution in [0, 0.1) is 58.2 Å². The molecule has 9 rings (SSSR count). The van der Waals surface area contributed by atoms with Crippen LogP contribution in [0.3, 0.4) is 0 Å². The minimum Gasteiger partial charge on any atom is -0.454 e. The molecule has 1 spiro atoms. The predicted octanol–water partition coefficient (Wildman–Crippen LogP) is 2.71. The van der Waals surface area contributed by atoms with Gasteiger partial charge in [0.25, 0.3) is 0 Å². The lowest BCUT2D eigenvalue weighted by Crippen LogP contribution is -2.84. The van der Waals surface area contributed by atoms with Gasteiger partial charge in [0.2, 0.25) is 0 Å². The summed E-state index contributed by atoms with van der Waals surface area (Å²) in [5, 5.41) is 77.7. The third-order valence-electron chi connectivity index (χ3n) is 16.0. The molecule has 0 saturated heterocycles. The van der Waals surface area contributed by atoms with Gasteiger partial charge in [0.15, 0.2) is 0 Å². The summed E-state index contributed by atoms with van der Waals surface area (Å²) in [6, 6.07) is 5.57. The van der Waals surface area contributed by atoms with E-state index in [0.29, 0.717) is 44.9 Å². The van der Waals surface area contributed by atoms with Crippen LogP contribution >= 0.6 is 0 Å². The second kappa shape index (κ2) is 13.0. The molecule has 0 radical (unpaired) electrons. The van der Waals surface area contributed by atoms with Crippen LogP contribution in [0.25, 0.3) is 0 Å². The van der Waals surface area contributed by atoms with Crippen molar-refractivity contribution in [2.75, 3.05) is 7.05 Å². The molecule has 1 aromatic rings. The van der Waals surface area contributed by atoms with Gasteiger partial charge in [-0.1, -0.05) is 44.2 Å². The monoisotopic (exact) mass is 731 g/mol. The predicted molar refractivity (Wildman–Crippen MR) is 195 cm³/mol. The Morgan fingerprint density at radius 2 is 1.89 bits per heavy atom. The van der Waals surface area contributed by atoms with E-state index >= 15 is 0 Å². The minimum absolute atomic E-state index is 0.0802. The van der Waals surface area contributed by atoms with E-state index in [1.54, 1.807) is 6.08 Å². The molecule has 1 aromatic carbocycles. The Bertz CT molecular complexity index is 1750. The molecular weight excluding hydrogens is 674 g/mol. The standard InChI is InChI=1S/C43H57NO9/c1-24(2)10-11-32-38(49)43(52)34(40(23-46)15-12-28(47)21-41(32,40)50)13-16-39-14-5-4-7-25-8-6-9-26(22-45)29(25)18-33(44-3)30-17-27(20-42(39,43)51)36(39)31-19-35(48)53-37(30)31/h6,8-9,19,23-24,27-28,30,32-34,36-38,44-45,47,49-52H,5,10-18,20-22H2,1-3H3. The maximum Gasteiger partial charge on any atom is 0.331 e. The number of esters is 1. The maximum absolute atomic E-state index is 13.8. The topological polar surface area (TPSA) is 177 Å². The lowest BCUT2D eigenvalue weighted by molar-refractivity contribution is -0.367. The molecule has 4 bridgehead atoms. The van der Waals surface area contributed by atoms with Crippen LogP contribution in [-0.2, 0) is 27.4 Å². The van der Waals surface area contributed by atoms with Crippen LogP contribution in [-0.4, -0.2) is 91.1 Å². The summed E-state index contributed by atoms with van der Waals surface area (Å²) in [5.74, 6) is 3.87. The Morgan fingerprint density at radius 1 is 1.09 bits per heavy atom. The van der Waals surface area contributed by atoms with Crippen molar-refractivity contribution < 1.29 is 45.0 Å². The Morgan fingerprint density at radius 3 is 2.60 bits per heavy atom. The van der Waals surface area contributed by atoms with E-state index in [2.05, 4.69) is 17.2 Å². The number of nitrogens with one attached hydrogen (secondary N) is 1. The molecule has 5 fully saturated rings. The summed E-state index contributed by atoms with van der Waals surface area (Å²) in [6.07, 6.45) is 3.29. The summed E-state index contributed by atoms with van der Waals surface area (Å²) < 4.78 is 6.15. The molecule has 14 unspecified atom stereocenters. The van der Waals surface area contributed by atoms with Crippen molar-refractivity contribution in [3.8, 4) is 11.8 Å². The Labute approximate surface area is 312 Å². The number of aliphatic hydroxyl groups excluding tert-OH is 3. The fraction of sp³-hybridized carbons (Fsp3) is 0.721. The number of benzene rings is 1. The van der Waals surface area contributed by atoms with E-state index in [4.69, 9.17) is 4.74 Å². The Balaban J connectivity index is 1.32. The molecule has 5 saturated carbocycles. The maximum atomic E-state index is 13.8. The lowest BCUT2D eigenvalue weighted by Gasteiger charge is -2.72. The summed E-state index contributed by atoms with van der Waals surface area (Å²) in [7, 11) is 1.88. The second-order valence-electron chi connectivity index (χ2n) is 18.3.